The molecule has 0 unspecified atom stereocenters. The van der Waals surface area contributed by atoms with E-state index in [2.05, 4.69) is 32.1 Å². The number of carbonyl (C=O) groups is 2. The number of likely N-dealkylation sites (N-methyl/N-ethyl adjacent to an activating group) is 2. The van der Waals surface area contributed by atoms with Gasteiger partial charge in [0.25, 0.3) is 18.0 Å². The summed E-state index contributed by atoms with van der Waals surface area (Å²) in [6, 6.07) is 7.35. The first-order valence-electron chi connectivity index (χ1n) is 8.85. The van der Waals surface area contributed by atoms with E-state index in [0.29, 0.717) is 11.3 Å². The maximum atomic E-state index is 12.5. The Hall–Kier alpha value is -3.28. The van der Waals surface area contributed by atoms with Crippen LogP contribution in [0.15, 0.2) is 52.7 Å². The number of rotatable bonds is 8. The fourth-order valence-electron chi connectivity index (χ4n) is 2.81. The Morgan fingerprint density at radius 2 is 2.04 bits per heavy atom. The van der Waals surface area contributed by atoms with Crippen molar-refractivity contribution in [2.45, 2.75) is 6.92 Å². The van der Waals surface area contributed by atoms with E-state index in [4.69, 9.17) is 0 Å². The first-order valence-corrected chi connectivity index (χ1v) is 8.85. The minimum absolute atomic E-state index is 0.171. The summed E-state index contributed by atoms with van der Waals surface area (Å²) in [6.45, 7) is 4.74. The molecule has 0 bridgehead atoms. The second-order valence-electron chi connectivity index (χ2n) is 6.09. The van der Waals surface area contributed by atoms with Gasteiger partial charge in [0.05, 0.1) is 11.3 Å². The van der Waals surface area contributed by atoms with Crippen LogP contribution in [0.2, 0.25) is 0 Å². The van der Waals surface area contributed by atoms with Crippen LogP contribution >= 0.6 is 0 Å². The zero-order valence-corrected chi connectivity index (χ0v) is 15.4. The molecule has 1 aromatic carbocycles. The molecule has 0 radical (unpaired) electrons. The number of benzene rings is 1. The van der Waals surface area contributed by atoms with Crippen molar-refractivity contribution in [3.63, 3.8) is 0 Å². The monoisotopic (exact) mass is 364 g/mol. The molecule has 0 fully saturated rings. The second-order valence-corrected chi connectivity index (χ2v) is 6.09. The SMILES string of the molecule is CCN(CCNC)c1ccc(C(=O)NC2=CC(C3=CC=[N+]=C3)=NC2=O)cc1. The molecule has 3 rings (SSSR count). The van der Waals surface area contributed by atoms with Gasteiger partial charge in [-0.2, -0.15) is 0 Å². The van der Waals surface area contributed by atoms with Gasteiger partial charge in [-0.3, -0.25) is 9.59 Å². The molecule has 0 aromatic heterocycles. The fourth-order valence-corrected chi connectivity index (χ4v) is 2.81. The normalized spacial score (nSPS) is 14.9. The van der Waals surface area contributed by atoms with Gasteiger partial charge in [-0.05, 0) is 44.3 Å². The molecule has 0 saturated carbocycles. The van der Waals surface area contributed by atoms with Gasteiger partial charge < -0.3 is 15.5 Å². The lowest BCUT2D eigenvalue weighted by Gasteiger charge is -2.23. The number of nitrogens with zero attached hydrogens (tertiary/aromatic N) is 3. The van der Waals surface area contributed by atoms with Crippen molar-refractivity contribution in [1.29, 1.82) is 0 Å². The summed E-state index contributed by atoms with van der Waals surface area (Å²) >= 11 is 0. The van der Waals surface area contributed by atoms with Crippen molar-refractivity contribution in [3.05, 3.63) is 53.3 Å². The first-order chi connectivity index (χ1) is 13.1. The number of anilines is 1. The van der Waals surface area contributed by atoms with Crippen LogP contribution < -0.4 is 20.2 Å². The van der Waals surface area contributed by atoms with Crippen molar-refractivity contribution in [3.8, 4) is 0 Å². The average Bonchev–Trinajstić information content (AvgIpc) is 3.33. The van der Waals surface area contributed by atoms with Crippen LogP contribution in [-0.4, -0.2) is 56.6 Å². The highest BCUT2D eigenvalue weighted by atomic mass is 16.2. The van der Waals surface area contributed by atoms with Gasteiger partial charge in [0.1, 0.15) is 5.70 Å². The molecule has 0 atom stereocenters. The van der Waals surface area contributed by atoms with Gasteiger partial charge in [0.15, 0.2) is 0 Å². The van der Waals surface area contributed by atoms with E-state index in [0.717, 1.165) is 30.9 Å². The molecule has 7 heteroatoms. The number of carbonyl (C=O) groups excluding carboxylic acids is 2. The molecule has 7 nitrogen and oxygen atoms in total. The van der Waals surface area contributed by atoms with E-state index in [-0.39, 0.29) is 11.6 Å². The van der Waals surface area contributed by atoms with E-state index >= 15 is 0 Å². The molecule has 0 aliphatic carbocycles. The molecule has 0 saturated heterocycles. The summed E-state index contributed by atoms with van der Waals surface area (Å²) < 4.78 is 3.96. The molecule has 2 heterocycles. The smallest absolute Gasteiger partial charge is 0.302 e. The van der Waals surface area contributed by atoms with Gasteiger partial charge in [-0.1, -0.05) is 0 Å². The van der Waals surface area contributed by atoms with Crippen molar-refractivity contribution in [2.75, 3.05) is 31.6 Å². The van der Waals surface area contributed by atoms with Gasteiger partial charge in [0, 0.05) is 37.0 Å². The minimum Gasteiger partial charge on any atom is -0.371 e. The number of hydrogen-bond donors (Lipinski definition) is 2. The third-order valence-electron chi connectivity index (χ3n) is 4.34. The Balaban J connectivity index is 1.65. The minimum atomic E-state index is -0.458. The Morgan fingerprint density at radius 3 is 2.67 bits per heavy atom. The number of aliphatic imine (C=N–C) groups is 1. The predicted octanol–water partition coefficient (Wildman–Crippen LogP) is 0.476. The van der Waals surface area contributed by atoms with Crippen molar-refractivity contribution in [2.24, 2.45) is 4.99 Å². The van der Waals surface area contributed by atoms with Crippen LogP contribution in [-0.2, 0) is 4.79 Å². The number of allylic oxidation sites excluding steroid dienone is 3. The highest BCUT2D eigenvalue weighted by Gasteiger charge is 2.24. The highest BCUT2D eigenvalue weighted by molar-refractivity contribution is 6.31. The third-order valence-corrected chi connectivity index (χ3v) is 4.34. The summed E-state index contributed by atoms with van der Waals surface area (Å²) in [7, 11) is 1.92. The summed E-state index contributed by atoms with van der Waals surface area (Å²) in [6.07, 6.45) is 6.59. The molecular weight excluding hydrogens is 342 g/mol. The van der Waals surface area contributed by atoms with Crippen LogP contribution in [0.1, 0.15) is 17.3 Å². The van der Waals surface area contributed by atoms with E-state index in [1.807, 2.05) is 19.2 Å². The topological polar surface area (TPSA) is 87.9 Å². The van der Waals surface area contributed by atoms with Gasteiger partial charge in [-0.25, -0.2) is 4.99 Å². The third kappa shape index (κ3) is 4.28. The molecular formula is C20H22N5O2+. The van der Waals surface area contributed by atoms with Crippen LogP contribution in [0, 0.1) is 0 Å². The van der Waals surface area contributed by atoms with E-state index in [1.54, 1.807) is 36.7 Å². The van der Waals surface area contributed by atoms with E-state index in [9.17, 15) is 9.59 Å². The van der Waals surface area contributed by atoms with Gasteiger partial charge >= 0.3 is 6.21 Å². The molecule has 1 aromatic rings. The summed E-state index contributed by atoms with van der Waals surface area (Å²) in [5.74, 6) is -0.795. The summed E-state index contributed by atoms with van der Waals surface area (Å²) in [5.41, 5.74) is 2.96. The predicted molar refractivity (Wildman–Crippen MR) is 109 cm³/mol. The van der Waals surface area contributed by atoms with Crippen LogP contribution in [0.4, 0.5) is 5.69 Å². The van der Waals surface area contributed by atoms with E-state index < -0.39 is 5.91 Å². The maximum Gasteiger partial charge on any atom is 0.302 e. The molecule has 0 spiro atoms. The van der Waals surface area contributed by atoms with E-state index in [1.165, 1.54) is 0 Å². The lowest BCUT2D eigenvalue weighted by atomic mass is 10.1. The number of nitrogens with one attached hydrogen (secondary N) is 2. The average molecular weight is 364 g/mol. The second kappa shape index (κ2) is 8.40. The molecule has 138 valence electrons. The number of hydrogen-bond acceptors (Lipinski definition) is 4. The van der Waals surface area contributed by atoms with Crippen molar-refractivity contribution >= 4 is 35.6 Å². The lowest BCUT2D eigenvalue weighted by molar-refractivity contribution is -0.114. The molecule has 2 aliphatic heterocycles. The van der Waals surface area contributed by atoms with Gasteiger partial charge in [-0.15, -0.1) is 4.67 Å². The van der Waals surface area contributed by atoms with Crippen LogP contribution in [0.25, 0.3) is 0 Å². The van der Waals surface area contributed by atoms with Crippen LogP contribution in [0.3, 0.4) is 0 Å². The Bertz CT molecular complexity index is 903. The van der Waals surface area contributed by atoms with Gasteiger partial charge in [0.2, 0.25) is 0 Å². The molecule has 2 aliphatic rings. The number of amides is 2. The first kappa shape index (κ1) is 18.5. The quantitative estimate of drug-likeness (QED) is 0.657. The molecule has 2 N–H and O–H groups in total. The molecule has 2 amide bonds. The standard InChI is InChI=1S/C20H21N5O2/c1-3-25(11-10-21-2)16-6-4-14(5-7-16)19(26)24-18-12-17(23-20(18)27)15-8-9-22-13-15/h4-9,12-13,21H,3,10-11H2,1-2H3/p+1. The Labute approximate surface area is 157 Å². The lowest BCUT2D eigenvalue weighted by Crippen LogP contribution is -2.30. The largest absolute Gasteiger partial charge is 0.371 e. The maximum absolute atomic E-state index is 12.5. The van der Waals surface area contributed by atoms with Crippen molar-refractivity contribution in [1.82, 2.24) is 15.3 Å². The Morgan fingerprint density at radius 1 is 1.26 bits per heavy atom. The zero-order valence-electron chi connectivity index (χ0n) is 15.4. The highest BCUT2D eigenvalue weighted by Crippen LogP contribution is 2.16. The summed E-state index contributed by atoms with van der Waals surface area (Å²) in [4.78, 5) is 30.7. The summed E-state index contributed by atoms with van der Waals surface area (Å²) in [5, 5.41) is 5.78. The van der Waals surface area contributed by atoms with Crippen LogP contribution in [0.5, 0.6) is 0 Å². The Kier molecular flexibility index (Phi) is 5.76. The molecule has 27 heavy (non-hydrogen) atoms. The zero-order chi connectivity index (χ0) is 19.2. The fraction of sp³-hybridized carbons (Fsp3) is 0.250. The van der Waals surface area contributed by atoms with Crippen molar-refractivity contribution < 1.29 is 9.59 Å².